The quantitative estimate of drug-likeness (QED) is 0.889. The molecule has 0 saturated heterocycles. The number of nitrogens with one attached hydrogen (secondary N) is 2. The Kier molecular flexibility index (Phi) is 5.55. The Morgan fingerprint density at radius 1 is 1.30 bits per heavy atom. The average Bonchev–Trinajstić information content (AvgIpc) is 2.45. The first-order chi connectivity index (χ1) is 10.8. The zero-order chi connectivity index (χ0) is 16.9. The second-order valence-electron chi connectivity index (χ2n) is 6.71. The molecule has 1 atom stereocenters. The van der Waals surface area contributed by atoms with Gasteiger partial charge in [0.2, 0.25) is 0 Å². The predicted molar refractivity (Wildman–Crippen MR) is 92.3 cm³/mol. The van der Waals surface area contributed by atoms with Gasteiger partial charge in [0.25, 0.3) is 0 Å². The van der Waals surface area contributed by atoms with Gasteiger partial charge in [-0.3, -0.25) is 4.98 Å². The van der Waals surface area contributed by atoms with Crippen LogP contribution >= 0.6 is 0 Å². The standard InChI is InChI=1S/C18H25N3O2/c1-13(21-17(22)23-18(2,3)4)11-19-12-14-7-8-16-15(10-14)6-5-9-20-16/h5-10,13,19H,11-12H2,1-4H3,(H,21,22). The van der Waals surface area contributed by atoms with Gasteiger partial charge in [0.15, 0.2) is 0 Å². The lowest BCUT2D eigenvalue weighted by Crippen LogP contribution is -2.42. The van der Waals surface area contributed by atoms with Gasteiger partial charge in [-0.15, -0.1) is 0 Å². The number of ether oxygens (including phenoxy) is 1. The molecular formula is C18H25N3O2. The molecule has 0 saturated carbocycles. The van der Waals surface area contributed by atoms with Crippen LogP contribution in [0.1, 0.15) is 33.3 Å². The van der Waals surface area contributed by atoms with Crippen LogP contribution in [0.25, 0.3) is 10.9 Å². The van der Waals surface area contributed by atoms with Gasteiger partial charge >= 0.3 is 6.09 Å². The molecule has 0 aliphatic rings. The normalized spacial score (nSPS) is 12.9. The molecule has 23 heavy (non-hydrogen) atoms. The largest absolute Gasteiger partial charge is 0.444 e. The fourth-order valence-corrected chi connectivity index (χ4v) is 2.23. The van der Waals surface area contributed by atoms with E-state index >= 15 is 0 Å². The molecule has 1 aromatic heterocycles. The van der Waals surface area contributed by atoms with Gasteiger partial charge in [0.1, 0.15) is 5.60 Å². The van der Waals surface area contributed by atoms with E-state index in [9.17, 15) is 4.79 Å². The van der Waals surface area contributed by atoms with E-state index in [-0.39, 0.29) is 12.1 Å². The molecule has 5 heteroatoms. The van der Waals surface area contributed by atoms with Crippen molar-refractivity contribution in [1.82, 2.24) is 15.6 Å². The summed E-state index contributed by atoms with van der Waals surface area (Å²) < 4.78 is 5.24. The number of fused-ring (bicyclic) bond motifs is 1. The minimum absolute atomic E-state index is 0.00743. The Hall–Kier alpha value is -2.14. The lowest BCUT2D eigenvalue weighted by molar-refractivity contribution is 0.0508. The Labute approximate surface area is 137 Å². The molecule has 0 fully saturated rings. The molecule has 1 aromatic carbocycles. The average molecular weight is 315 g/mol. The maximum absolute atomic E-state index is 11.7. The number of benzene rings is 1. The van der Waals surface area contributed by atoms with Crippen LogP contribution in [0.15, 0.2) is 36.5 Å². The molecule has 1 unspecified atom stereocenters. The topological polar surface area (TPSA) is 63.2 Å². The van der Waals surface area contributed by atoms with Crippen molar-refractivity contribution < 1.29 is 9.53 Å². The van der Waals surface area contributed by atoms with Crippen molar-refractivity contribution in [3.8, 4) is 0 Å². The number of carbonyl (C=O) groups excluding carboxylic acids is 1. The number of rotatable bonds is 5. The summed E-state index contributed by atoms with van der Waals surface area (Å²) in [5, 5.41) is 7.29. The fraction of sp³-hybridized carbons (Fsp3) is 0.444. The maximum Gasteiger partial charge on any atom is 0.407 e. The highest BCUT2D eigenvalue weighted by molar-refractivity contribution is 5.78. The highest BCUT2D eigenvalue weighted by atomic mass is 16.6. The number of nitrogens with zero attached hydrogens (tertiary/aromatic N) is 1. The number of hydrogen-bond donors (Lipinski definition) is 2. The predicted octanol–water partition coefficient (Wildman–Crippen LogP) is 3.24. The van der Waals surface area contributed by atoms with E-state index in [0.29, 0.717) is 6.54 Å². The molecule has 5 nitrogen and oxygen atoms in total. The number of amides is 1. The SMILES string of the molecule is CC(CNCc1ccc2ncccc2c1)NC(=O)OC(C)(C)C. The van der Waals surface area contributed by atoms with E-state index in [2.05, 4.69) is 33.8 Å². The van der Waals surface area contributed by atoms with Gasteiger partial charge in [-0.2, -0.15) is 0 Å². The second-order valence-corrected chi connectivity index (χ2v) is 6.71. The number of carbonyl (C=O) groups is 1. The van der Waals surface area contributed by atoms with Crippen LogP contribution in [0.2, 0.25) is 0 Å². The smallest absolute Gasteiger partial charge is 0.407 e. The van der Waals surface area contributed by atoms with Crippen molar-refractivity contribution in [2.75, 3.05) is 6.54 Å². The summed E-state index contributed by atoms with van der Waals surface area (Å²) in [4.78, 5) is 16.0. The van der Waals surface area contributed by atoms with Crippen molar-refractivity contribution in [2.24, 2.45) is 0 Å². The zero-order valence-corrected chi connectivity index (χ0v) is 14.2. The van der Waals surface area contributed by atoms with Gasteiger partial charge in [0, 0.05) is 30.7 Å². The van der Waals surface area contributed by atoms with E-state index in [1.54, 1.807) is 6.20 Å². The van der Waals surface area contributed by atoms with Crippen LogP contribution in [0.4, 0.5) is 4.79 Å². The Bertz CT molecular complexity index is 665. The molecular weight excluding hydrogens is 290 g/mol. The third-order valence-electron chi connectivity index (χ3n) is 3.21. The van der Waals surface area contributed by atoms with Crippen LogP contribution < -0.4 is 10.6 Å². The molecule has 124 valence electrons. The molecule has 2 aromatic rings. The molecule has 2 rings (SSSR count). The highest BCUT2D eigenvalue weighted by Gasteiger charge is 2.17. The highest BCUT2D eigenvalue weighted by Crippen LogP contribution is 2.13. The Morgan fingerprint density at radius 2 is 2.09 bits per heavy atom. The van der Waals surface area contributed by atoms with Crippen molar-refractivity contribution >= 4 is 17.0 Å². The van der Waals surface area contributed by atoms with Gasteiger partial charge in [-0.05, 0) is 51.5 Å². The minimum atomic E-state index is -0.476. The van der Waals surface area contributed by atoms with Crippen LogP contribution in [0.3, 0.4) is 0 Å². The van der Waals surface area contributed by atoms with Crippen molar-refractivity contribution in [1.29, 1.82) is 0 Å². The number of hydrogen-bond acceptors (Lipinski definition) is 4. The Balaban J connectivity index is 1.78. The summed E-state index contributed by atoms with van der Waals surface area (Å²) in [6, 6.07) is 10.2. The summed E-state index contributed by atoms with van der Waals surface area (Å²) in [5.41, 5.74) is 1.71. The zero-order valence-electron chi connectivity index (χ0n) is 14.2. The molecule has 0 radical (unpaired) electrons. The second kappa shape index (κ2) is 7.42. The monoisotopic (exact) mass is 315 g/mol. The van der Waals surface area contributed by atoms with Crippen molar-refractivity contribution in [3.05, 3.63) is 42.1 Å². The molecule has 0 aliphatic heterocycles. The van der Waals surface area contributed by atoms with Gasteiger partial charge < -0.3 is 15.4 Å². The number of pyridine rings is 1. The van der Waals surface area contributed by atoms with Crippen LogP contribution in [-0.2, 0) is 11.3 Å². The Morgan fingerprint density at radius 3 is 2.83 bits per heavy atom. The van der Waals surface area contributed by atoms with E-state index in [1.165, 1.54) is 5.56 Å². The summed E-state index contributed by atoms with van der Waals surface area (Å²) in [6.07, 6.45) is 1.41. The van der Waals surface area contributed by atoms with E-state index in [4.69, 9.17) is 4.74 Å². The summed E-state index contributed by atoms with van der Waals surface area (Å²) in [6.45, 7) is 8.91. The molecule has 2 N–H and O–H groups in total. The van der Waals surface area contributed by atoms with Crippen molar-refractivity contribution in [3.63, 3.8) is 0 Å². The summed E-state index contributed by atoms with van der Waals surface area (Å²) in [7, 11) is 0. The molecule has 0 spiro atoms. The lowest BCUT2D eigenvalue weighted by Gasteiger charge is -2.22. The van der Waals surface area contributed by atoms with Gasteiger partial charge in [0.05, 0.1) is 5.52 Å². The first-order valence-corrected chi connectivity index (χ1v) is 7.87. The van der Waals surface area contributed by atoms with Gasteiger partial charge in [-0.25, -0.2) is 4.79 Å². The molecule has 1 amide bonds. The number of alkyl carbamates (subject to hydrolysis) is 1. The lowest BCUT2D eigenvalue weighted by atomic mass is 10.1. The maximum atomic E-state index is 11.7. The fourth-order valence-electron chi connectivity index (χ4n) is 2.23. The molecule has 1 heterocycles. The summed E-state index contributed by atoms with van der Waals surface area (Å²) >= 11 is 0. The van der Waals surface area contributed by atoms with E-state index in [0.717, 1.165) is 17.4 Å². The van der Waals surface area contributed by atoms with E-state index < -0.39 is 5.60 Å². The molecule has 0 bridgehead atoms. The minimum Gasteiger partial charge on any atom is -0.444 e. The van der Waals surface area contributed by atoms with Crippen molar-refractivity contribution in [2.45, 2.75) is 45.9 Å². The molecule has 0 aliphatic carbocycles. The third-order valence-corrected chi connectivity index (χ3v) is 3.21. The van der Waals surface area contributed by atoms with Crippen LogP contribution in [-0.4, -0.2) is 29.3 Å². The van der Waals surface area contributed by atoms with E-state index in [1.807, 2.05) is 39.8 Å². The first kappa shape index (κ1) is 17.2. The first-order valence-electron chi connectivity index (χ1n) is 7.87. The third kappa shape index (κ3) is 5.87. The number of aromatic nitrogens is 1. The van der Waals surface area contributed by atoms with Gasteiger partial charge in [-0.1, -0.05) is 12.1 Å². The summed E-state index contributed by atoms with van der Waals surface area (Å²) in [5.74, 6) is 0. The van der Waals surface area contributed by atoms with Crippen LogP contribution in [0, 0.1) is 0 Å². The van der Waals surface area contributed by atoms with Crippen LogP contribution in [0.5, 0.6) is 0 Å².